The molecule has 0 bridgehead atoms. The van der Waals surface area contributed by atoms with Crippen molar-refractivity contribution in [1.82, 2.24) is 10.2 Å². The van der Waals surface area contributed by atoms with Crippen LogP contribution in [0.4, 0.5) is 5.69 Å². The number of hydrogen-bond donors (Lipinski definition) is 2. The Hall–Kier alpha value is -2.04. The first-order valence-corrected chi connectivity index (χ1v) is 8.64. The standard InChI is InChI=1S/C20H25N3O.ClH/c21-18-10-6-7-16(13-18)15-23-12-5-4-11-19(23)14-22-20(24)17-8-2-1-3-9-17;/h1-3,6-10,13,19H,4-5,11-12,14-15,21H2,(H,22,24);1H. The summed E-state index contributed by atoms with van der Waals surface area (Å²) in [7, 11) is 0. The Morgan fingerprint density at radius 1 is 1.12 bits per heavy atom. The van der Waals surface area contributed by atoms with E-state index in [-0.39, 0.29) is 18.3 Å². The second-order valence-electron chi connectivity index (χ2n) is 6.44. The summed E-state index contributed by atoms with van der Waals surface area (Å²) in [5.74, 6) is 0.00470. The smallest absolute Gasteiger partial charge is 0.251 e. The van der Waals surface area contributed by atoms with Gasteiger partial charge in [0, 0.05) is 30.4 Å². The van der Waals surface area contributed by atoms with E-state index in [1.165, 1.54) is 18.4 Å². The monoisotopic (exact) mass is 359 g/mol. The maximum atomic E-state index is 12.3. The zero-order chi connectivity index (χ0) is 16.8. The van der Waals surface area contributed by atoms with E-state index in [2.05, 4.69) is 16.3 Å². The van der Waals surface area contributed by atoms with E-state index < -0.39 is 0 Å². The lowest BCUT2D eigenvalue weighted by Crippen LogP contribution is -2.46. The molecule has 3 N–H and O–H groups in total. The molecule has 1 aliphatic rings. The number of carbonyl (C=O) groups is 1. The largest absolute Gasteiger partial charge is 0.399 e. The molecule has 4 nitrogen and oxygen atoms in total. The highest BCUT2D eigenvalue weighted by Gasteiger charge is 2.23. The van der Waals surface area contributed by atoms with Gasteiger partial charge in [-0.3, -0.25) is 9.69 Å². The van der Waals surface area contributed by atoms with Crippen LogP contribution in [-0.4, -0.2) is 29.9 Å². The molecular weight excluding hydrogens is 334 g/mol. The number of piperidine rings is 1. The zero-order valence-corrected chi connectivity index (χ0v) is 15.2. The Morgan fingerprint density at radius 2 is 1.92 bits per heavy atom. The van der Waals surface area contributed by atoms with Crippen molar-refractivity contribution in [3.63, 3.8) is 0 Å². The Kier molecular flexibility index (Phi) is 7.29. The highest BCUT2D eigenvalue weighted by molar-refractivity contribution is 5.94. The van der Waals surface area contributed by atoms with E-state index in [1.54, 1.807) is 0 Å². The van der Waals surface area contributed by atoms with Crippen molar-refractivity contribution in [3.05, 3.63) is 65.7 Å². The predicted octanol–water partition coefficient (Wildman–Crippen LogP) is 3.48. The maximum absolute atomic E-state index is 12.3. The third-order valence-electron chi connectivity index (χ3n) is 4.62. The molecule has 1 fully saturated rings. The highest BCUT2D eigenvalue weighted by Crippen LogP contribution is 2.20. The number of nitrogens with one attached hydrogen (secondary N) is 1. The van der Waals surface area contributed by atoms with E-state index in [1.807, 2.05) is 48.5 Å². The van der Waals surface area contributed by atoms with Crippen molar-refractivity contribution in [3.8, 4) is 0 Å². The molecule has 0 aromatic heterocycles. The summed E-state index contributed by atoms with van der Waals surface area (Å²) in [4.78, 5) is 14.7. The van der Waals surface area contributed by atoms with Gasteiger partial charge in [-0.05, 0) is 49.2 Å². The van der Waals surface area contributed by atoms with E-state index >= 15 is 0 Å². The summed E-state index contributed by atoms with van der Waals surface area (Å²) >= 11 is 0. The number of benzene rings is 2. The van der Waals surface area contributed by atoms with Gasteiger partial charge in [-0.25, -0.2) is 0 Å². The van der Waals surface area contributed by atoms with Crippen LogP contribution in [0, 0.1) is 0 Å². The molecule has 1 unspecified atom stereocenters. The number of hydrogen-bond acceptors (Lipinski definition) is 3. The van der Waals surface area contributed by atoms with Crippen LogP contribution in [0.1, 0.15) is 35.2 Å². The lowest BCUT2D eigenvalue weighted by molar-refractivity contribution is 0.0907. The van der Waals surface area contributed by atoms with Crippen LogP contribution in [-0.2, 0) is 6.54 Å². The fourth-order valence-corrected chi connectivity index (χ4v) is 3.33. The number of likely N-dealkylation sites (tertiary alicyclic amines) is 1. The second kappa shape index (κ2) is 9.44. The van der Waals surface area contributed by atoms with Gasteiger partial charge in [0.1, 0.15) is 0 Å². The van der Waals surface area contributed by atoms with Crippen molar-refractivity contribution >= 4 is 24.0 Å². The average molecular weight is 360 g/mol. The minimum atomic E-state index is 0. The lowest BCUT2D eigenvalue weighted by atomic mass is 10.0. The molecule has 0 saturated carbocycles. The van der Waals surface area contributed by atoms with Crippen molar-refractivity contribution in [1.29, 1.82) is 0 Å². The molecule has 25 heavy (non-hydrogen) atoms. The molecule has 1 heterocycles. The molecule has 0 spiro atoms. The fourth-order valence-electron chi connectivity index (χ4n) is 3.33. The fraction of sp³-hybridized carbons (Fsp3) is 0.350. The van der Waals surface area contributed by atoms with Gasteiger partial charge >= 0.3 is 0 Å². The first kappa shape index (κ1) is 19.3. The van der Waals surface area contributed by atoms with E-state index in [4.69, 9.17) is 5.73 Å². The number of carbonyl (C=O) groups excluding carboxylic acids is 1. The summed E-state index contributed by atoms with van der Waals surface area (Å²) in [6, 6.07) is 17.8. The average Bonchev–Trinajstić information content (AvgIpc) is 2.61. The number of anilines is 1. The first-order chi connectivity index (χ1) is 11.7. The van der Waals surface area contributed by atoms with Gasteiger partial charge in [0.15, 0.2) is 0 Å². The third kappa shape index (κ3) is 5.48. The summed E-state index contributed by atoms with van der Waals surface area (Å²) in [6.45, 7) is 2.65. The number of amides is 1. The van der Waals surface area contributed by atoms with Crippen LogP contribution in [0.15, 0.2) is 54.6 Å². The van der Waals surface area contributed by atoms with Crippen LogP contribution in [0.5, 0.6) is 0 Å². The van der Waals surface area contributed by atoms with Crippen LogP contribution in [0.25, 0.3) is 0 Å². The third-order valence-corrected chi connectivity index (χ3v) is 4.62. The normalized spacial score (nSPS) is 17.5. The second-order valence-corrected chi connectivity index (χ2v) is 6.44. The van der Waals surface area contributed by atoms with Crippen LogP contribution >= 0.6 is 12.4 Å². The number of rotatable bonds is 5. The number of nitrogens with two attached hydrogens (primary N) is 1. The quantitative estimate of drug-likeness (QED) is 0.803. The van der Waals surface area contributed by atoms with Gasteiger partial charge in [-0.2, -0.15) is 0 Å². The van der Waals surface area contributed by atoms with Gasteiger partial charge in [0.25, 0.3) is 5.91 Å². The molecule has 1 amide bonds. The SMILES string of the molecule is Cl.Nc1cccc(CN2CCCCC2CNC(=O)c2ccccc2)c1. The van der Waals surface area contributed by atoms with Gasteiger partial charge in [-0.15, -0.1) is 12.4 Å². The molecular formula is C20H26ClN3O. The highest BCUT2D eigenvalue weighted by atomic mass is 35.5. The Bertz CT molecular complexity index is 678. The van der Waals surface area contributed by atoms with Gasteiger partial charge in [0.2, 0.25) is 0 Å². The topological polar surface area (TPSA) is 58.4 Å². The number of halogens is 1. The van der Waals surface area contributed by atoms with Crippen LogP contribution in [0.3, 0.4) is 0 Å². The van der Waals surface area contributed by atoms with E-state index in [9.17, 15) is 4.79 Å². The van der Waals surface area contributed by atoms with Crippen molar-refractivity contribution in [2.75, 3.05) is 18.8 Å². The Balaban J connectivity index is 0.00000225. The number of nitrogens with zero attached hydrogens (tertiary/aromatic N) is 1. The molecule has 1 atom stereocenters. The minimum Gasteiger partial charge on any atom is -0.399 e. The summed E-state index contributed by atoms with van der Waals surface area (Å²) in [5, 5.41) is 3.09. The Morgan fingerprint density at radius 3 is 2.68 bits per heavy atom. The predicted molar refractivity (Wildman–Crippen MR) is 105 cm³/mol. The summed E-state index contributed by atoms with van der Waals surface area (Å²) in [6.07, 6.45) is 3.56. The number of nitrogen functional groups attached to an aromatic ring is 1. The van der Waals surface area contributed by atoms with Gasteiger partial charge < -0.3 is 11.1 Å². The maximum Gasteiger partial charge on any atom is 0.251 e. The molecule has 2 aromatic rings. The molecule has 3 rings (SSSR count). The zero-order valence-electron chi connectivity index (χ0n) is 14.4. The van der Waals surface area contributed by atoms with Crippen LogP contribution < -0.4 is 11.1 Å². The minimum absolute atomic E-state index is 0. The summed E-state index contributed by atoms with van der Waals surface area (Å²) < 4.78 is 0. The van der Waals surface area contributed by atoms with Crippen molar-refractivity contribution in [2.45, 2.75) is 31.8 Å². The van der Waals surface area contributed by atoms with E-state index in [0.717, 1.165) is 30.8 Å². The molecule has 1 saturated heterocycles. The molecule has 2 aromatic carbocycles. The van der Waals surface area contributed by atoms with Crippen LogP contribution in [0.2, 0.25) is 0 Å². The molecule has 134 valence electrons. The lowest BCUT2D eigenvalue weighted by Gasteiger charge is -2.36. The van der Waals surface area contributed by atoms with Crippen molar-refractivity contribution in [2.24, 2.45) is 0 Å². The van der Waals surface area contributed by atoms with Crippen molar-refractivity contribution < 1.29 is 4.79 Å². The van der Waals surface area contributed by atoms with Gasteiger partial charge in [0.05, 0.1) is 0 Å². The molecule has 5 heteroatoms. The summed E-state index contributed by atoms with van der Waals surface area (Å²) in [5.41, 5.74) is 8.64. The molecule has 0 aliphatic carbocycles. The molecule has 0 radical (unpaired) electrons. The van der Waals surface area contributed by atoms with E-state index in [0.29, 0.717) is 12.6 Å². The molecule has 1 aliphatic heterocycles. The van der Waals surface area contributed by atoms with Gasteiger partial charge in [-0.1, -0.05) is 36.8 Å². The Labute approximate surface area is 155 Å². The first-order valence-electron chi connectivity index (χ1n) is 8.64.